The monoisotopic (exact) mass is 486 g/mol. The average molecular weight is 487 g/mol. The van der Waals surface area contributed by atoms with E-state index in [-0.39, 0.29) is 5.69 Å². The summed E-state index contributed by atoms with van der Waals surface area (Å²) in [4.78, 5) is 20.6. The van der Waals surface area contributed by atoms with Crippen LogP contribution in [-0.4, -0.2) is 52.2 Å². The minimum Gasteiger partial charge on any atom is -0.496 e. The number of aldehydes is 1. The molecule has 1 aliphatic carbocycles. The first kappa shape index (κ1) is 23.9. The van der Waals surface area contributed by atoms with E-state index < -0.39 is 5.54 Å². The van der Waals surface area contributed by atoms with E-state index in [0.29, 0.717) is 35.8 Å². The number of rotatable bonds is 10. The second kappa shape index (κ2) is 10.4. The fourth-order valence-electron chi connectivity index (χ4n) is 5.15. The highest BCUT2D eigenvalue weighted by Gasteiger charge is 2.50. The summed E-state index contributed by atoms with van der Waals surface area (Å²) in [5, 5.41) is 26.3. The van der Waals surface area contributed by atoms with E-state index >= 15 is 0 Å². The van der Waals surface area contributed by atoms with Crippen LogP contribution in [0.2, 0.25) is 0 Å². The predicted octanol–water partition coefficient (Wildman–Crippen LogP) is 2.93. The molecule has 0 amide bonds. The van der Waals surface area contributed by atoms with Gasteiger partial charge in [0.2, 0.25) is 0 Å². The molecule has 10 nitrogen and oxygen atoms in total. The Morgan fingerprint density at radius 2 is 1.94 bits per heavy atom. The average Bonchev–Trinajstić information content (AvgIpc) is 3.69. The van der Waals surface area contributed by atoms with Crippen molar-refractivity contribution in [1.29, 1.82) is 5.26 Å². The minimum atomic E-state index is -0.452. The van der Waals surface area contributed by atoms with E-state index in [1.165, 1.54) is 18.7 Å². The highest BCUT2D eigenvalue weighted by molar-refractivity contribution is 5.71. The molecule has 0 spiro atoms. The summed E-state index contributed by atoms with van der Waals surface area (Å²) in [7, 11) is 1.65. The molecule has 0 bridgehead atoms. The third kappa shape index (κ3) is 4.94. The molecule has 1 aromatic carbocycles. The molecule has 3 heterocycles. The van der Waals surface area contributed by atoms with Crippen LogP contribution in [-0.2, 0) is 11.3 Å². The Morgan fingerprint density at radius 3 is 2.61 bits per heavy atom. The first-order valence-corrected chi connectivity index (χ1v) is 12.3. The Morgan fingerprint density at radius 1 is 1.14 bits per heavy atom. The van der Waals surface area contributed by atoms with Crippen molar-refractivity contribution < 1.29 is 9.53 Å². The molecule has 2 aromatic heterocycles. The van der Waals surface area contributed by atoms with E-state index in [9.17, 15) is 4.79 Å². The topological polar surface area (TPSA) is 141 Å². The van der Waals surface area contributed by atoms with E-state index in [1.807, 2.05) is 24.3 Å². The van der Waals surface area contributed by atoms with Gasteiger partial charge in [-0.2, -0.15) is 10.4 Å². The molecule has 5 rings (SSSR count). The van der Waals surface area contributed by atoms with E-state index in [2.05, 4.69) is 42.2 Å². The lowest BCUT2D eigenvalue weighted by Gasteiger charge is -2.40. The number of hydrogen-bond acceptors (Lipinski definition) is 9. The molecule has 10 heteroatoms. The quantitative estimate of drug-likeness (QED) is 0.318. The lowest BCUT2D eigenvalue weighted by molar-refractivity contribution is -0.117. The summed E-state index contributed by atoms with van der Waals surface area (Å²) in [6, 6.07) is 9.86. The van der Waals surface area contributed by atoms with Gasteiger partial charge in [-0.3, -0.25) is 5.10 Å². The third-order valence-corrected chi connectivity index (χ3v) is 7.22. The first-order chi connectivity index (χ1) is 17.6. The van der Waals surface area contributed by atoms with Crippen molar-refractivity contribution in [2.24, 2.45) is 11.8 Å². The van der Waals surface area contributed by atoms with Crippen LogP contribution in [0.1, 0.15) is 36.9 Å². The minimum absolute atomic E-state index is 0.251. The summed E-state index contributed by atoms with van der Waals surface area (Å²) in [5.41, 5.74) is 2.51. The van der Waals surface area contributed by atoms with Crippen LogP contribution in [0, 0.1) is 23.2 Å². The lowest BCUT2D eigenvalue weighted by atomic mass is 9.75. The number of carbonyl (C=O) groups excluding carboxylic acids is 1. The van der Waals surface area contributed by atoms with Crippen LogP contribution in [0.3, 0.4) is 0 Å². The number of nitrogens with one attached hydrogen (secondary N) is 4. The van der Waals surface area contributed by atoms with E-state index in [4.69, 9.17) is 10.00 Å². The number of methoxy groups -OCH3 is 1. The number of H-pyrrole nitrogens is 1. The van der Waals surface area contributed by atoms with Gasteiger partial charge in [0.15, 0.2) is 11.5 Å². The summed E-state index contributed by atoms with van der Waals surface area (Å²) in [5.74, 6) is 2.56. The Hall–Kier alpha value is -3.81. The molecule has 1 atom stereocenters. The number of piperidine rings is 1. The normalized spacial score (nSPS) is 17.7. The highest BCUT2D eigenvalue weighted by atomic mass is 16.5. The van der Waals surface area contributed by atoms with Crippen LogP contribution in [0.15, 0.2) is 36.7 Å². The molecule has 3 aromatic rings. The van der Waals surface area contributed by atoms with Gasteiger partial charge in [0.1, 0.15) is 23.9 Å². The maximum Gasteiger partial charge on any atom is 0.158 e. The standard InChI is InChI=1S/C26H30N8O2/c1-36-23-10-17(13-31-26(16-35,18-3-4-18)19-6-8-28-9-7-19)2-5-21(23)22-11-24(34-33-22)32-25-15-29-20(12-27)14-30-25/h2,5,10-11,14-16,18-19,28,31H,3-4,6-9,13H2,1H3,(H2,30,32,33,34). The van der Waals surface area contributed by atoms with Crippen molar-refractivity contribution in [1.82, 2.24) is 30.8 Å². The molecular formula is C26H30N8O2. The summed E-state index contributed by atoms with van der Waals surface area (Å²) in [6.45, 7) is 2.54. The van der Waals surface area contributed by atoms with Gasteiger partial charge in [0.05, 0.1) is 30.7 Å². The van der Waals surface area contributed by atoms with E-state index in [1.54, 1.807) is 7.11 Å². The smallest absolute Gasteiger partial charge is 0.158 e. The molecule has 186 valence electrons. The SMILES string of the molecule is COc1cc(CNC(C=O)(C2CCNCC2)C2CC2)ccc1-c1cc(Nc2cnc(C#N)cn2)n[nH]1. The number of nitrogens with zero attached hydrogens (tertiary/aromatic N) is 4. The zero-order chi connectivity index (χ0) is 25.0. The zero-order valence-electron chi connectivity index (χ0n) is 20.3. The fourth-order valence-corrected chi connectivity index (χ4v) is 5.15. The summed E-state index contributed by atoms with van der Waals surface area (Å²) in [6.07, 6.45) is 8.34. The molecule has 1 aliphatic heterocycles. The number of hydrogen-bond donors (Lipinski definition) is 4. The second-order valence-corrected chi connectivity index (χ2v) is 9.43. The first-order valence-electron chi connectivity index (χ1n) is 12.3. The van der Waals surface area contributed by atoms with Gasteiger partial charge in [0, 0.05) is 18.2 Å². The molecule has 2 aliphatic rings. The van der Waals surface area contributed by atoms with E-state index in [0.717, 1.165) is 55.6 Å². The molecule has 4 N–H and O–H groups in total. The van der Waals surface area contributed by atoms with Gasteiger partial charge in [0.25, 0.3) is 0 Å². The van der Waals surface area contributed by atoms with Crippen LogP contribution in [0.5, 0.6) is 5.75 Å². The van der Waals surface area contributed by atoms with Crippen LogP contribution < -0.4 is 20.7 Å². The Kier molecular flexibility index (Phi) is 6.93. The number of aromatic amines is 1. The van der Waals surface area contributed by atoms with Gasteiger partial charge in [-0.05, 0) is 68.3 Å². The molecular weight excluding hydrogens is 456 g/mol. The third-order valence-electron chi connectivity index (χ3n) is 7.22. The van der Waals surface area contributed by atoms with Crippen molar-refractivity contribution in [2.75, 3.05) is 25.5 Å². The Balaban J connectivity index is 1.30. The number of nitriles is 1. The number of benzene rings is 1. The Bertz CT molecular complexity index is 1240. The van der Waals surface area contributed by atoms with Crippen molar-refractivity contribution in [3.63, 3.8) is 0 Å². The van der Waals surface area contributed by atoms with Gasteiger partial charge in [-0.15, -0.1) is 0 Å². The van der Waals surface area contributed by atoms with Crippen molar-refractivity contribution >= 4 is 17.9 Å². The zero-order valence-corrected chi connectivity index (χ0v) is 20.3. The highest BCUT2D eigenvalue weighted by Crippen LogP contribution is 2.45. The number of ether oxygens (including phenoxy) is 1. The Labute approximate surface area is 209 Å². The van der Waals surface area contributed by atoms with Crippen LogP contribution in [0.25, 0.3) is 11.3 Å². The van der Waals surface area contributed by atoms with Crippen molar-refractivity contribution in [3.8, 4) is 23.1 Å². The largest absolute Gasteiger partial charge is 0.496 e. The fraction of sp³-hybridized carbons (Fsp3) is 0.423. The van der Waals surface area contributed by atoms with Crippen molar-refractivity contribution in [3.05, 3.63) is 47.9 Å². The van der Waals surface area contributed by atoms with Crippen LogP contribution in [0.4, 0.5) is 11.6 Å². The van der Waals surface area contributed by atoms with Crippen molar-refractivity contribution in [2.45, 2.75) is 37.8 Å². The molecule has 36 heavy (non-hydrogen) atoms. The second-order valence-electron chi connectivity index (χ2n) is 9.43. The molecule has 1 unspecified atom stereocenters. The van der Waals surface area contributed by atoms with Crippen LogP contribution >= 0.6 is 0 Å². The molecule has 1 saturated heterocycles. The number of anilines is 2. The maximum absolute atomic E-state index is 12.4. The number of carbonyl (C=O) groups is 1. The molecule has 1 saturated carbocycles. The lowest BCUT2D eigenvalue weighted by Crippen LogP contribution is -2.56. The van der Waals surface area contributed by atoms with Gasteiger partial charge in [-0.1, -0.05) is 6.07 Å². The van der Waals surface area contributed by atoms with Gasteiger partial charge in [-0.25, -0.2) is 9.97 Å². The van der Waals surface area contributed by atoms with Gasteiger partial charge < -0.3 is 25.5 Å². The summed E-state index contributed by atoms with van der Waals surface area (Å²) >= 11 is 0. The molecule has 0 radical (unpaired) electrons. The predicted molar refractivity (Wildman–Crippen MR) is 135 cm³/mol. The van der Waals surface area contributed by atoms with Gasteiger partial charge >= 0.3 is 0 Å². The number of aromatic nitrogens is 4. The molecule has 2 fully saturated rings. The maximum atomic E-state index is 12.4. The summed E-state index contributed by atoms with van der Waals surface area (Å²) < 4.78 is 5.70.